The summed E-state index contributed by atoms with van der Waals surface area (Å²) in [6, 6.07) is -0.699. The fourth-order valence-electron chi connectivity index (χ4n) is 2.96. The number of aliphatic hydroxyl groups excluding tert-OH is 3. The Kier molecular flexibility index (Phi) is 16.4. The molecule has 0 saturated heterocycles. The second kappa shape index (κ2) is 16.8. The number of amides is 1. The van der Waals surface area contributed by atoms with Crippen molar-refractivity contribution in [3.8, 4) is 0 Å². The van der Waals surface area contributed by atoms with E-state index in [0.29, 0.717) is 6.42 Å². The Bertz CT molecular complexity index is 310. The Morgan fingerprint density at radius 2 is 1.28 bits per heavy atom. The summed E-state index contributed by atoms with van der Waals surface area (Å²) in [6.45, 7) is 3.29. The van der Waals surface area contributed by atoms with Crippen LogP contribution in [0.4, 0.5) is 0 Å². The molecule has 3 atom stereocenters. The molecule has 0 aromatic carbocycles. The summed E-state index contributed by atoms with van der Waals surface area (Å²) in [5.74, 6) is -0.562. The van der Waals surface area contributed by atoms with E-state index in [9.17, 15) is 15.0 Å². The van der Waals surface area contributed by atoms with Gasteiger partial charge in [-0.1, -0.05) is 84.0 Å². The summed E-state index contributed by atoms with van der Waals surface area (Å²) in [5.41, 5.74) is 0. The van der Waals surface area contributed by atoms with Gasteiger partial charge in [0.15, 0.2) is 0 Å². The molecule has 0 saturated carbocycles. The predicted molar refractivity (Wildman–Crippen MR) is 102 cm³/mol. The number of carbonyl (C=O) groups is 1. The lowest BCUT2D eigenvalue weighted by Gasteiger charge is -2.23. The van der Waals surface area contributed by atoms with Crippen LogP contribution in [0.2, 0.25) is 0 Å². The molecule has 25 heavy (non-hydrogen) atoms. The molecule has 0 aromatic rings. The van der Waals surface area contributed by atoms with E-state index in [4.69, 9.17) is 5.11 Å². The maximum absolute atomic E-state index is 11.4. The molecule has 0 fully saturated rings. The zero-order valence-corrected chi connectivity index (χ0v) is 16.4. The first-order valence-electron chi connectivity index (χ1n) is 10.3. The van der Waals surface area contributed by atoms with Crippen LogP contribution in [0.1, 0.15) is 97.3 Å². The van der Waals surface area contributed by atoms with Crippen LogP contribution in [-0.2, 0) is 4.79 Å². The van der Waals surface area contributed by atoms with E-state index in [2.05, 4.69) is 12.2 Å². The number of aliphatic hydroxyl groups is 3. The number of carbonyl (C=O) groups excluding carboxylic acids is 1. The van der Waals surface area contributed by atoms with E-state index < -0.39 is 24.2 Å². The number of unbranched alkanes of at least 4 members (excludes halogenated alkanes) is 11. The second-order valence-corrected chi connectivity index (χ2v) is 7.22. The first-order valence-corrected chi connectivity index (χ1v) is 10.3. The van der Waals surface area contributed by atoms with Crippen LogP contribution in [0.15, 0.2) is 0 Å². The highest BCUT2D eigenvalue weighted by atomic mass is 16.3. The number of hydrogen-bond acceptors (Lipinski definition) is 4. The van der Waals surface area contributed by atoms with Crippen molar-refractivity contribution in [2.75, 3.05) is 6.61 Å². The lowest BCUT2D eigenvalue weighted by atomic mass is 10.0. The monoisotopic (exact) mass is 359 g/mol. The summed E-state index contributed by atoms with van der Waals surface area (Å²) in [7, 11) is 0. The molecule has 150 valence electrons. The summed E-state index contributed by atoms with van der Waals surface area (Å²) < 4.78 is 0. The van der Waals surface area contributed by atoms with E-state index >= 15 is 0 Å². The largest absolute Gasteiger partial charge is 0.394 e. The number of hydrogen-bond donors (Lipinski definition) is 4. The predicted octanol–water partition coefficient (Wildman–Crippen LogP) is 3.30. The van der Waals surface area contributed by atoms with Crippen molar-refractivity contribution >= 4 is 5.91 Å². The van der Waals surface area contributed by atoms with Crippen LogP contribution in [0.5, 0.6) is 0 Å². The van der Waals surface area contributed by atoms with Gasteiger partial charge in [0.05, 0.1) is 18.8 Å². The molecule has 1 amide bonds. The standard InChI is InChI=1S/C20H41NO4/c1-3-4-5-6-7-8-9-10-11-12-13-14-15-19(24)18(16-22)21-20(25)17(2)23/h17-19,22-24H,3-16H2,1-2H3,(H,21,25)/t17-,18-,19+/m1/s1. The molecular weight excluding hydrogens is 318 g/mol. The molecule has 0 aliphatic rings. The lowest BCUT2D eigenvalue weighted by molar-refractivity contribution is -0.130. The summed E-state index contributed by atoms with van der Waals surface area (Å²) in [6.07, 6.45) is 13.8. The zero-order valence-electron chi connectivity index (χ0n) is 16.4. The van der Waals surface area contributed by atoms with Gasteiger partial charge in [0.2, 0.25) is 5.91 Å². The van der Waals surface area contributed by atoms with Crippen LogP contribution in [0, 0.1) is 0 Å². The van der Waals surface area contributed by atoms with Gasteiger partial charge in [0.1, 0.15) is 6.10 Å². The normalized spacial score (nSPS) is 14.9. The summed E-state index contributed by atoms with van der Waals surface area (Å²) >= 11 is 0. The molecule has 5 nitrogen and oxygen atoms in total. The van der Waals surface area contributed by atoms with Gasteiger partial charge in [0, 0.05) is 0 Å². The van der Waals surface area contributed by atoms with Crippen LogP contribution in [0.25, 0.3) is 0 Å². The van der Waals surface area contributed by atoms with E-state index in [0.717, 1.165) is 12.8 Å². The maximum atomic E-state index is 11.4. The Labute approximate surface area is 154 Å². The van der Waals surface area contributed by atoms with Gasteiger partial charge >= 0.3 is 0 Å². The van der Waals surface area contributed by atoms with Crippen LogP contribution in [0.3, 0.4) is 0 Å². The Balaban J connectivity index is 3.52. The van der Waals surface area contributed by atoms with E-state index in [1.807, 2.05) is 0 Å². The molecule has 0 aliphatic carbocycles. The lowest BCUT2D eigenvalue weighted by Crippen LogP contribution is -2.48. The van der Waals surface area contributed by atoms with Crippen molar-refractivity contribution in [1.82, 2.24) is 5.32 Å². The molecular formula is C20H41NO4. The minimum atomic E-state index is -1.13. The third-order valence-electron chi connectivity index (χ3n) is 4.72. The third kappa shape index (κ3) is 14.2. The van der Waals surface area contributed by atoms with Gasteiger partial charge < -0.3 is 20.6 Å². The summed E-state index contributed by atoms with van der Waals surface area (Å²) in [5, 5.41) is 30.9. The molecule has 0 rings (SSSR count). The highest BCUT2D eigenvalue weighted by molar-refractivity contribution is 5.80. The van der Waals surface area contributed by atoms with Crippen molar-refractivity contribution in [2.24, 2.45) is 0 Å². The second-order valence-electron chi connectivity index (χ2n) is 7.22. The minimum Gasteiger partial charge on any atom is -0.394 e. The number of nitrogens with one attached hydrogen (secondary N) is 1. The zero-order chi connectivity index (χ0) is 18.9. The quantitative estimate of drug-likeness (QED) is 0.300. The van der Waals surface area contributed by atoms with Crippen LogP contribution in [-0.4, -0.2) is 46.1 Å². The van der Waals surface area contributed by atoms with Gasteiger partial charge in [-0.25, -0.2) is 0 Å². The Morgan fingerprint density at radius 1 is 0.840 bits per heavy atom. The average Bonchev–Trinajstić information content (AvgIpc) is 2.59. The first-order chi connectivity index (χ1) is 12.0. The molecule has 5 heteroatoms. The average molecular weight is 360 g/mol. The first kappa shape index (κ1) is 24.4. The molecule has 4 N–H and O–H groups in total. The number of rotatable bonds is 17. The van der Waals surface area contributed by atoms with Crippen molar-refractivity contribution in [2.45, 2.75) is 116 Å². The van der Waals surface area contributed by atoms with Gasteiger partial charge in [-0.2, -0.15) is 0 Å². The SMILES string of the molecule is CCCCCCCCCCCCCC[C@H](O)[C@@H](CO)NC(=O)[C@@H](C)O. The molecule has 0 heterocycles. The van der Waals surface area contributed by atoms with Crippen molar-refractivity contribution in [3.05, 3.63) is 0 Å². The summed E-state index contributed by atoms with van der Waals surface area (Å²) in [4.78, 5) is 11.4. The fraction of sp³-hybridized carbons (Fsp3) is 0.950. The third-order valence-corrected chi connectivity index (χ3v) is 4.72. The smallest absolute Gasteiger partial charge is 0.248 e. The molecule has 0 unspecified atom stereocenters. The van der Waals surface area contributed by atoms with E-state index in [1.165, 1.54) is 71.1 Å². The van der Waals surface area contributed by atoms with E-state index in [1.54, 1.807) is 0 Å². The van der Waals surface area contributed by atoms with Gasteiger partial charge in [-0.3, -0.25) is 4.79 Å². The van der Waals surface area contributed by atoms with Gasteiger partial charge in [-0.15, -0.1) is 0 Å². The van der Waals surface area contributed by atoms with Crippen LogP contribution >= 0.6 is 0 Å². The van der Waals surface area contributed by atoms with Crippen molar-refractivity contribution < 1.29 is 20.1 Å². The highest BCUT2D eigenvalue weighted by Crippen LogP contribution is 2.13. The highest BCUT2D eigenvalue weighted by Gasteiger charge is 2.21. The molecule has 0 aliphatic heterocycles. The molecule has 0 bridgehead atoms. The van der Waals surface area contributed by atoms with Crippen molar-refractivity contribution in [1.29, 1.82) is 0 Å². The van der Waals surface area contributed by atoms with Gasteiger partial charge in [-0.05, 0) is 13.3 Å². The van der Waals surface area contributed by atoms with E-state index in [-0.39, 0.29) is 6.61 Å². The Hall–Kier alpha value is -0.650. The topological polar surface area (TPSA) is 89.8 Å². The fourth-order valence-corrected chi connectivity index (χ4v) is 2.96. The molecule has 0 radical (unpaired) electrons. The molecule has 0 spiro atoms. The van der Waals surface area contributed by atoms with Crippen molar-refractivity contribution in [3.63, 3.8) is 0 Å². The Morgan fingerprint density at radius 3 is 1.68 bits per heavy atom. The maximum Gasteiger partial charge on any atom is 0.248 e. The minimum absolute atomic E-state index is 0.322. The molecule has 0 aromatic heterocycles. The van der Waals surface area contributed by atoms with Gasteiger partial charge in [0.25, 0.3) is 0 Å². The van der Waals surface area contributed by atoms with Crippen LogP contribution < -0.4 is 5.32 Å².